The van der Waals surface area contributed by atoms with E-state index in [0.29, 0.717) is 18.0 Å². The highest BCUT2D eigenvalue weighted by Crippen LogP contribution is 2.23. The third kappa shape index (κ3) is 3.32. The lowest BCUT2D eigenvalue weighted by molar-refractivity contribution is 0.0900. The molecule has 1 fully saturated rings. The summed E-state index contributed by atoms with van der Waals surface area (Å²) in [6.45, 7) is 6.85. The van der Waals surface area contributed by atoms with Crippen molar-refractivity contribution < 1.29 is 4.74 Å². The zero-order valence-corrected chi connectivity index (χ0v) is 11.1. The molecule has 0 radical (unpaired) electrons. The lowest BCUT2D eigenvalue weighted by Gasteiger charge is -2.17. The van der Waals surface area contributed by atoms with Crippen molar-refractivity contribution in [2.75, 3.05) is 30.3 Å². The zero-order valence-electron chi connectivity index (χ0n) is 11.1. The number of hydrogen-bond acceptors (Lipinski definition) is 5. The van der Waals surface area contributed by atoms with Crippen LogP contribution < -0.4 is 10.6 Å². The minimum atomic E-state index is 0.396. The quantitative estimate of drug-likeness (QED) is 0.810. The summed E-state index contributed by atoms with van der Waals surface area (Å²) in [5.74, 6) is 2.15. The van der Waals surface area contributed by atoms with Gasteiger partial charge in [0.2, 0.25) is 5.95 Å². The molecule has 5 heteroatoms. The van der Waals surface area contributed by atoms with Crippen LogP contribution >= 0.6 is 0 Å². The van der Waals surface area contributed by atoms with Gasteiger partial charge in [-0.3, -0.25) is 0 Å². The van der Waals surface area contributed by atoms with Gasteiger partial charge in [-0.25, -0.2) is 4.98 Å². The number of ether oxygens (including phenoxy) is 1. The van der Waals surface area contributed by atoms with Crippen molar-refractivity contribution in [3.05, 3.63) is 12.3 Å². The molecular weight excluding hydrogens is 228 g/mol. The molecule has 2 N–H and O–H groups in total. The molecule has 0 spiro atoms. The largest absolute Gasteiger partial charge is 0.378 e. The molecule has 2 rings (SSSR count). The Kier molecular flexibility index (Phi) is 4.75. The van der Waals surface area contributed by atoms with Crippen LogP contribution in [0.25, 0.3) is 0 Å². The molecule has 1 aromatic heterocycles. The first-order valence-corrected chi connectivity index (χ1v) is 6.75. The maximum Gasteiger partial charge on any atom is 0.224 e. The van der Waals surface area contributed by atoms with Gasteiger partial charge in [0.05, 0.1) is 6.10 Å². The average Bonchev–Trinajstić information content (AvgIpc) is 2.84. The number of nitrogens with one attached hydrogen (secondary N) is 2. The maximum absolute atomic E-state index is 5.68. The van der Waals surface area contributed by atoms with E-state index < -0.39 is 0 Å². The van der Waals surface area contributed by atoms with Crippen LogP contribution in [0.3, 0.4) is 0 Å². The standard InChI is InChI=1S/C13H22N4O/c1-3-11-10(6-8-18-11)9-16-12-5-7-15-13(17-12)14-4-2/h5,7,10-11H,3-4,6,8-9H2,1-2H3,(H2,14,15,16,17). The third-order valence-electron chi connectivity index (χ3n) is 3.28. The van der Waals surface area contributed by atoms with Crippen LogP contribution in [0.5, 0.6) is 0 Å². The van der Waals surface area contributed by atoms with Crippen molar-refractivity contribution >= 4 is 11.8 Å². The third-order valence-corrected chi connectivity index (χ3v) is 3.28. The Morgan fingerprint density at radius 2 is 2.28 bits per heavy atom. The first kappa shape index (κ1) is 13.1. The van der Waals surface area contributed by atoms with Gasteiger partial charge in [-0.05, 0) is 25.8 Å². The highest BCUT2D eigenvalue weighted by molar-refractivity contribution is 5.39. The summed E-state index contributed by atoms with van der Waals surface area (Å²) in [5.41, 5.74) is 0. The van der Waals surface area contributed by atoms with Gasteiger partial charge in [0, 0.05) is 31.8 Å². The zero-order chi connectivity index (χ0) is 12.8. The first-order valence-electron chi connectivity index (χ1n) is 6.75. The predicted octanol–water partition coefficient (Wildman–Crippen LogP) is 2.14. The molecule has 1 saturated heterocycles. The van der Waals surface area contributed by atoms with Gasteiger partial charge in [-0.2, -0.15) is 4.98 Å². The molecule has 0 aliphatic carbocycles. The fourth-order valence-corrected chi connectivity index (χ4v) is 2.31. The predicted molar refractivity (Wildman–Crippen MR) is 72.8 cm³/mol. The molecule has 2 unspecified atom stereocenters. The summed E-state index contributed by atoms with van der Waals surface area (Å²) in [6.07, 6.45) is 4.39. The van der Waals surface area contributed by atoms with Crippen molar-refractivity contribution in [3.63, 3.8) is 0 Å². The molecule has 2 atom stereocenters. The summed E-state index contributed by atoms with van der Waals surface area (Å²) >= 11 is 0. The SMILES string of the molecule is CCNc1nccc(NCC2CCOC2CC)n1. The van der Waals surface area contributed by atoms with Gasteiger partial charge < -0.3 is 15.4 Å². The first-order chi connectivity index (χ1) is 8.83. The van der Waals surface area contributed by atoms with E-state index in [1.54, 1.807) is 6.20 Å². The number of anilines is 2. The molecule has 100 valence electrons. The van der Waals surface area contributed by atoms with Gasteiger partial charge in [0.15, 0.2) is 0 Å². The summed E-state index contributed by atoms with van der Waals surface area (Å²) in [5, 5.41) is 6.49. The molecule has 1 aliphatic rings. The van der Waals surface area contributed by atoms with E-state index >= 15 is 0 Å². The van der Waals surface area contributed by atoms with E-state index in [4.69, 9.17) is 4.74 Å². The normalized spacial score (nSPS) is 23.0. The highest BCUT2D eigenvalue weighted by atomic mass is 16.5. The lowest BCUT2D eigenvalue weighted by atomic mass is 10.00. The highest BCUT2D eigenvalue weighted by Gasteiger charge is 2.26. The van der Waals surface area contributed by atoms with Gasteiger partial charge in [-0.15, -0.1) is 0 Å². The molecule has 0 bridgehead atoms. The van der Waals surface area contributed by atoms with Crippen LogP contribution in [0.1, 0.15) is 26.7 Å². The van der Waals surface area contributed by atoms with E-state index in [0.717, 1.165) is 38.4 Å². The van der Waals surface area contributed by atoms with Crippen molar-refractivity contribution in [2.45, 2.75) is 32.8 Å². The van der Waals surface area contributed by atoms with E-state index in [1.165, 1.54) is 0 Å². The van der Waals surface area contributed by atoms with Gasteiger partial charge in [0.1, 0.15) is 5.82 Å². The number of nitrogens with zero attached hydrogens (tertiary/aromatic N) is 2. The van der Waals surface area contributed by atoms with Gasteiger partial charge >= 0.3 is 0 Å². The van der Waals surface area contributed by atoms with Crippen molar-refractivity contribution in [1.29, 1.82) is 0 Å². The second-order valence-corrected chi connectivity index (χ2v) is 4.54. The molecule has 0 saturated carbocycles. The fraction of sp³-hybridized carbons (Fsp3) is 0.692. The van der Waals surface area contributed by atoms with Crippen LogP contribution in [-0.4, -0.2) is 35.8 Å². The topological polar surface area (TPSA) is 59.1 Å². The Labute approximate surface area is 108 Å². The van der Waals surface area contributed by atoms with Gasteiger partial charge in [-0.1, -0.05) is 6.92 Å². The molecule has 18 heavy (non-hydrogen) atoms. The molecule has 0 aromatic carbocycles. The summed E-state index contributed by atoms with van der Waals surface area (Å²) in [6, 6.07) is 1.90. The second-order valence-electron chi connectivity index (χ2n) is 4.54. The van der Waals surface area contributed by atoms with Crippen LogP contribution in [0.4, 0.5) is 11.8 Å². The Morgan fingerprint density at radius 1 is 1.39 bits per heavy atom. The summed E-state index contributed by atoms with van der Waals surface area (Å²) in [4.78, 5) is 8.55. The average molecular weight is 250 g/mol. The molecular formula is C13H22N4O. The Hall–Kier alpha value is -1.36. The Bertz CT molecular complexity index is 372. The number of hydrogen-bond donors (Lipinski definition) is 2. The summed E-state index contributed by atoms with van der Waals surface area (Å²) in [7, 11) is 0. The van der Waals surface area contributed by atoms with Gasteiger partial charge in [0.25, 0.3) is 0 Å². The second kappa shape index (κ2) is 6.54. The fourth-order valence-electron chi connectivity index (χ4n) is 2.31. The van der Waals surface area contributed by atoms with Crippen molar-refractivity contribution in [3.8, 4) is 0 Å². The van der Waals surface area contributed by atoms with Crippen molar-refractivity contribution in [1.82, 2.24) is 9.97 Å². The Morgan fingerprint density at radius 3 is 3.06 bits per heavy atom. The number of aromatic nitrogens is 2. The van der Waals surface area contributed by atoms with Crippen molar-refractivity contribution in [2.24, 2.45) is 5.92 Å². The van der Waals surface area contributed by atoms with E-state index in [2.05, 4.69) is 27.5 Å². The van der Waals surface area contributed by atoms with Crippen LogP contribution in [-0.2, 0) is 4.74 Å². The van der Waals surface area contributed by atoms with Crippen LogP contribution in [0, 0.1) is 5.92 Å². The lowest BCUT2D eigenvalue weighted by Crippen LogP contribution is -2.23. The minimum Gasteiger partial charge on any atom is -0.378 e. The molecule has 1 aromatic rings. The van der Waals surface area contributed by atoms with E-state index in [-0.39, 0.29) is 0 Å². The molecule has 5 nitrogen and oxygen atoms in total. The summed E-state index contributed by atoms with van der Waals surface area (Å²) < 4.78 is 5.68. The molecule has 1 aliphatic heterocycles. The maximum atomic E-state index is 5.68. The van der Waals surface area contributed by atoms with E-state index in [1.807, 2.05) is 13.0 Å². The van der Waals surface area contributed by atoms with E-state index in [9.17, 15) is 0 Å². The Balaban J connectivity index is 1.87. The molecule has 0 amide bonds. The van der Waals surface area contributed by atoms with Crippen LogP contribution in [0.15, 0.2) is 12.3 Å². The monoisotopic (exact) mass is 250 g/mol. The number of rotatable bonds is 6. The minimum absolute atomic E-state index is 0.396. The molecule has 2 heterocycles. The van der Waals surface area contributed by atoms with Crippen LogP contribution in [0.2, 0.25) is 0 Å². The smallest absolute Gasteiger partial charge is 0.224 e.